The van der Waals surface area contributed by atoms with Gasteiger partial charge in [-0.1, -0.05) is 0 Å². The molecule has 1 saturated carbocycles. The van der Waals surface area contributed by atoms with Crippen LogP contribution in [0.25, 0.3) is 0 Å². The van der Waals surface area contributed by atoms with Gasteiger partial charge in [-0.2, -0.15) is 13.2 Å². The van der Waals surface area contributed by atoms with Gasteiger partial charge in [0.2, 0.25) is 0 Å². The van der Waals surface area contributed by atoms with E-state index in [1.165, 1.54) is 0 Å². The number of hydrogen-bond donors (Lipinski definition) is 1. The molecule has 0 aromatic carbocycles. The fourth-order valence-electron chi connectivity index (χ4n) is 1.48. The van der Waals surface area contributed by atoms with Crippen LogP contribution in [0.3, 0.4) is 0 Å². The smallest absolute Gasteiger partial charge is 0.364 e. The van der Waals surface area contributed by atoms with Crippen molar-refractivity contribution in [3.63, 3.8) is 0 Å². The average Bonchev–Trinajstić information content (AvgIpc) is 3.04. The summed E-state index contributed by atoms with van der Waals surface area (Å²) < 4.78 is 40.5. The van der Waals surface area contributed by atoms with E-state index in [2.05, 4.69) is 30.6 Å². The van der Waals surface area contributed by atoms with Crippen LogP contribution >= 0.6 is 15.9 Å². The number of nitrogens with zero attached hydrogens (tertiary/aromatic N) is 1. The summed E-state index contributed by atoms with van der Waals surface area (Å²) >= 11 is 3.13. The van der Waals surface area contributed by atoms with Crippen molar-refractivity contribution in [3.8, 4) is 0 Å². The number of ether oxygens (including phenoxy) is 1. The molecule has 1 heterocycles. The molecule has 1 aliphatic rings. The number of hydrogen-bond acceptors (Lipinski definition) is 3. The quantitative estimate of drug-likeness (QED) is 0.924. The summed E-state index contributed by atoms with van der Waals surface area (Å²) in [6.45, 7) is -1.71. The van der Waals surface area contributed by atoms with Crippen molar-refractivity contribution in [3.05, 3.63) is 26.3 Å². The summed E-state index contributed by atoms with van der Waals surface area (Å²) in [5.41, 5.74) is 0.210. The minimum atomic E-state index is -4.38. The van der Waals surface area contributed by atoms with Crippen LogP contribution in [0.4, 0.5) is 13.2 Å². The lowest BCUT2D eigenvalue weighted by molar-refractivity contribution is -0.177. The van der Waals surface area contributed by atoms with Gasteiger partial charge in [-0.05, 0) is 28.8 Å². The van der Waals surface area contributed by atoms with Gasteiger partial charge < -0.3 is 9.72 Å². The molecule has 0 amide bonds. The molecule has 0 atom stereocenters. The Kier molecular flexibility index (Phi) is 3.76. The lowest BCUT2D eigenvalue weighted by Crippen LogP contribution is -2.20. The fraction of sp³-hybridized carbons (Fsp3) is 0.600. The molecule has 2 rings (SSSR count). The third kappa shape index (κ3) is 3.55. The van der Waals surface area contributed by atoms with Crippen LogP contribution < -0.4 is 5.56 Å². The number of aromatic nitrogens is 2. The SMILES string of the molecule is O=c1[nH]c(COCC(F)(F)F)nc(C2CC2)c1Br. The molecule has 1 fully saturated rings. The van der Waals surface area contributed by atoms with Crippen LogP contribution in [0.2, 0.25) is 0 Å². The summed E-state index contributed by atoms with van der Waals surface area (Å²) in [6, 6.07) is 0. The lowest BCUT2D eigenvalue weighted by Gasteiger charge is -2.08. The molecule has 0 radical (unpaired) electrons. The minimum absolute atomic E-state index is 0.120. The standard InChI is InChI=1S/C10H10BrF3N2O2/c11-7-8(5-1-2-5)15-6(16-9(7)17)3-18-4-10(12,13)14/h5H,1-4H2,(H,15,16,17). The van der Waals surface area contributed by atoms with E-state index in [1.54, 1.807) is 0 Å². The van der Waals surface area contributed by atoms with Crippen molar-refractivity contribution in [2.45, 2.75) is 31.5 Å². The molecule has 0 spiro atoms. The number of alkyl halides is 3. The van der Waals surface area contributed by atoms with E-state index >= 15 is 0 Å². The molecule has 1 N–H and O–H groups in total. The topological polar surface area (TPSA) is 55.0 Å². The van der Waals surface area contributed by atoms with Crippen molar-refractivity contribution in [1.82, 2.24) is 9.97 Å². The van der Waals surface area contributed by atoms with Crippen LogP contribution in [0.5, 0.6) is 0 Å². The fourth-order valence-corrected chi connectivity index (χ4v) is 2.00. The van der Waals surface area contributed by atoms with Crippen LogP contribution in [0.1, 0.15) is 30.3 Å². The molecular formula is C10H10BrF3N2O2. The van der Waals surface area contributed by atoms with Crippen LogP contribution in [0.15, 0.2) is 9.27 Å². The number of nitrogens with one attached hydrogen (secondary N) is 1. The molecule has 0 saturated heterocycles. The number of aromatic amines is 1. The summed E-state index contributed by atoms with van der Waals surface area (Å²) in [5, 5.41) is 0. The van der Waals surface area contributed by atoms with Crippen molar-refractivity contribution < 1.29 is 17.9 Å². The molecule has 0 bridgehead atoms. The number of H-pyrrole nitrogens is 1. The Morgan fingerprint density at radius 1 is 1.44 bits per heavy atom. The molecule has 1 aromatic heterocycles. The van der Waals surface area contributed by atoms with E-state index in [0.717, 1.165) is 12.8 Å². The second-order valence-corrected chi connectivity index (χ2v) is 4.89. The van der Waals surface area contributed by atoms with Crippen molar-refractivity contribution in [2.24, 2.45) is 0 Å². The molecule has 0 aliphatic heterocycles. The van der Waals surface area contributed by atoms with Gasteiger partial charge in [-0.3, -0.25) is 4.79 Å². The highest BCUT2D eigenvalue weighted by molar-refractivity contribution is 9.10. The highest BCUT2D eigenvalue weighted by Gasteiger charge is 2.30. The normalized spacial score (nSPS) is 16.0. The maximum atomic E-state index is 11.9. The van der Waals surface area contributed by atoms with E-state index in [-0.39, 0.29) is 18.3 Å². The van der Waals surface area contributed by atoms with Gasteiger partial charge in [0, 0.05) is 5.92 Å². The van der Waals surface area contributed by atoms with Crippen LogP contribution in [-0.4, -0.2) is 22.8 Å². The van der Waals surface area contributed by atoms with Crippen molar-refractivity contribution >= 4 is 15.9 Å². The van der Waals surface area contributed by atoms with E-state index in [4.69, 9.17) is 0 Å². The zero-order chi connectivity index (χ0) is 13.3. The van der Waals surface area contributed by atoms with Crippen LogP contribution in [-0.2, 0) is 11.3 Å². The molecule has 18 heavy (non-hydrogen) atoms. The average molecular weight is 327 g/mol. The first kappa shape index (κ1) is 13.5. The van der Waals surface area contributed by atoms with E-state index in [0.29, 0.717) is 10.2 Å². The van der Waals surface area contributed by atoms with Gasteiger partial charge in [0.15, 0.2) is 0 Å². The van der Waals surface area contributed by atoms with Crippen molar-refractivity contribution in [2.75, 3.05) is 6.61 Å². The molecule has 4 nitrogen and oxygen atoms in total. The third-order valence-corrected chi connectivity index (χ3v) is 3.17. The van der Waals surface area contributed by atoms with Crippen molar-refractivity contribution in [1.29, 1.82) is 0 Å². The Morgan fingerprint density at radius 3 is 2.67 bits per heavy atom. The third-order valence-electron chi connectivity index (χ3n) is 2.41. The van der Waals surface area contributed by atoms with Gasteiger partial charge in [-0.15, -0.1) is 0 Å². The van der Waals surface area contributed by atoms with Crippen LogP contribution in [0, 0.1) is 0 Å². The zero-order valence-corrected chi connectivity index (χ0v) is 10.8. The Balaban J connectivity index is 2.07. The Hall–Kier alpha value is -0.890. The van der Waals surface area contributed by atoms with E-state index in [9.17, 15) is 18.0 Å². The monoisotopic (exact) mass is 326 g/mol. The Bertz CT molecular complexity index is 497. The summed E-state index contributed by atoms with van der Waals surface area (Å²) in [7, 11) is 0. The minimum Gasteiger partial charge on any atom is -0.364 e. The summed E-state index contributed by atoms with van der Waals surface area (Å²) in [6.07, 6.45) is -2.50. The molecule has 100 valence electrons. The Labute approximate surface area is 109 Å². The second-order valence-electron chi connectivity index (χ2n) is 4.09. The van der Waals surface area contributed by atoms with Gasteiger partial charge in [0.05, 0.1) is 5.69 Å². The number of rotatable bonds is 4. The molecule has 0 unspecified atom stereocenters. The molecule has 1 aromatic rings. The molecule has 1 aliphatic carbocycles. The van der Waals surface area contributed by atoms with E-state index in [1.807, 2.05) is 0 Å². The maximum absolute atomic E-state index is 11.9. The Morgan fingerprint density at radius 2 is 2.11 bits per heavy atom. The first-order valence-corrected chi connectivity index (χ1v) is 6.09. The first-order valence-electron chi connectivity index (χ1n) is 5.30. The highest BCUT2D eigenvalue weighted by Crippen LogP contribution is 2.41. The summed E-state index contributed by atoms with van der Waals surface area (Å²) in [4.78, 5) is 18.0. The number of halogens is 4. The van der Waals surface area contributed by atoms with Gasteiger partial charge in [0.1, 0.15) is 23.5 Å². The van der Waals surface area contributed by atoms with E-state index < -0.39 is 18.3 Å². The lowest BCUT2D eigenvalue weighted by atomic mass is 10.3. The maximum Gasteiger partial charge on any atom is 0.411 e. The molecular weight excluding hydrogens is 317 g/mol. The largest absolute Gasteiger partial charge is 0.411 e. The zero-order valence-electron chi connectivity index (χ0n) is 9.18. The molecule has 8 heteroatoms. The first-order chi connectivity index (χ1) is 8.37. The summed E-state index contributed by atoms with van der Waals surface area (Å²) in [5.74, 6) is 0.345. The van der Waals surface area contributed by atoms with Gasteiger partial charge in [-0.25, -0.2) is 4.98 Å². The van der Waals surface area contributed by atoms with Gasteiger partial charge in [0.25, 0.3) is 5.56 Å². The van der Waals surface area contributed by atoms with Gasteiger partial charge >= 0.3 is 6.18 Å². The predicted molar refractivity (Wildman–Crippen MR) is 60.2 cm³/mol. The predicted octanol–water partition coefficient (Wildman–Crippen LogP) is 2.49. The highest BCUT2D eigenvalue weighted by atomic mass is 79.9. The second kappa shape index (κ2) is 5.00.